The van der Waals surface area contributed by atoms with Crippen LogP contribution in [0.5, 0.6) is 0 Å². The number of piperidine rings is 1. The van der Waals surface area contributed by atoms with Gasteiger partial charge in [-0.15, -0.1) is 0 Å². The maximum absolute atomic E-state index is 5.75. The van der Waals surface area contributed by atoms with Gasteiger partial charge in [0.15, 0.2) is 0 Å². The summed E-state index contributed by atoms with van der Waals surface area (Å²) < 4.78 is 0. The number of nitrogens with two attached hydrogens (primary N) is 1. The zero-order valence-corrected chi connectivity index (χ0v) is 12.5. The highest BCUT2D eigenvalue weighted by atomic mass is 15.1. The van der Waals surface area contributed by atoms with Gasteiger partial charge >= 0.3 is 0 Å². The molecular weight excluding hydrogens is 252 g/mol. The summed E-state index contributed by atoms with van der Waals surface area (Å²) in [7, 11) is 2.18. The van der Waals surface area contributed by atoms with Crippen LogP contribution < -0.4 is 16.4 Å². The topological polar surface area (TPSA) is 79.1 Å². The monoisotopic (exact) mass is 278 g/mol. The molecule has 1 aromatic rings. The molecule has 2 rings (SSSR count). The van der Waals surface area contributed by atoms with E-state index in [9.17, 15) is 0 Å². The van der Waals surface area contributed by atoms with E-state index in [4.69, 9.17) is 5.73 Å². The number of hydrogen-bond acceptors (Lipinski definition) is 6. The molecule has 1 aromatic heterocycles. The van der Waals surface area contributed by atoms with Crippen LogP contribution in [-0.4, -0.2) is 48.1 Å². The summed E-state index contributed by atoms with van der Waals surface area (Å²) in [5, 5.41) is 6.64. The molecule has 2 heterocycles. The van der Waals surface area contributed by atoms with Gasteiger partial charge in [-0.2, -0.15) is 9.97 Å². The van der Waals surface area contributed by atoms with Gasteiger partial charge in [-0.3, -0.25) is 0 Å². The third-order valence-corrected chi connectivity index (χ3v) is 3.59. The SMILES string of the molecule is CCCNc1cc(NCC2CCCN(C)C2)nc(N)n1. The van der Waals surface area contributed by atoms with Crippen LogP contribution in [-0.2, 0) is 0 Å². The maximum atomic E-state index is 5.75. The molecule has 0 spiro atoms. The van der Waals surface area contributed by atoms with E-state index in [2.05, 4.69) is 39.5 Å². The molecule has 1 atom stereocenters. The number of nitrogens with one attached hydrogen (secondary N) is 2. The summed E-state index contributed by atoms with van der Waals surface area (Å²) in [5.74, 6) is 2.60. The quantitative estimate of drug-likeness (QED) is 0.734. The molecule has 20 heavy (non-hydrogen) atoms. The van der Waals surface area contributed by atoms with Crippen molar-refractivity contribution in [1.82, 2.24) is 14.9 Å². The Morgan fingerprint density at radius 3 is 2.80 bits per heavy atom. The van der Waals surface area contributed by atoms with Crippen LogP contribution in [0.2, 0.25) is 0 Å². The van der Waals surface area contributed by atoms with Gasteiger partial charge in [0.25, 0.3) is 0 Å². The van der Waals surface area contributed by atoms with E-state index in [1.54, 1.807) is 0 Å². The van der Waals surface area contributed by atoms with Gasteiger partial charge in [0.1, 0.15) is 11.6 Å². The molecule has 1 aliphatic rings. The number of hydrogen-bond donors (Lipinski definition) is 3. The van der Waals surface area contributed by atoms with Crippen molar-refractivity contribution in [2.75, 3.05) is 49.6 Å². The van der Waals surface area contributed by atoms with Gasteiger partial charge in [0, 0.05) is 25.7 Å². The average molecular weight is 278 g/mol. The van der Waals surface area contributed by atoms with E-state index in [1.165, 1.54) is 19.4 Å². The zero-order chi connectivity index (χ0) is 14.4. The zero-order valence-electron chi connectivity index (χ0n) is 12.5. The Bertz CT molecular complexity index is 422. The first-order valence-corrected chi connectivity index (χ1v) is 7.48. The third kappa shape index (κ3) is 4.52. The Balaban J connectivity index is 1.89. The Labute approximate surface area is 121 Å². The minimum Gasteiger partial charge on any atom is -0.370 e. The summed E-state index contributed by atoms with van der Waals surface area (Å²) in [6.07, 6.45) is 3.61. The fourth-order valence-corrected chi connectivity index (χ4v) is 2.59. The molecule has 0 aromatic carbocycles. The van der Waals surface area contributed by atoms with E-state index >= 15 is 0 Å². The Morgan fingerprint density at radius 1 is 1.35 bits per heavy atom. The number of anilines is 3. The summed E-state index contributed by atoms with van der Waals surface area (Å²) in [6, 6.07) is 1.93. The molecule has 0 aliphatic carbocycles. The number of nitrogens with zero attached hydrogens (tertiary/aromatic N) is 3. The van der Waals surface area contributed by atoms with Gasteiger partial charge in [0.2, 0.25) is 5.95 Å². The van der Waals surface area contributed by atoms with E-state index in [0.29, 0.717) is 11.9 Å². The molecule has 0 amide bonds. The maximum Gasteiger partial charge on any atom is 0.223 e. The van der Waals surface area contributed by atoms with Crippen LogP contribution in [0, 0.1) is 5.92 Å². The van der Waals surface area contributed by atoms with Crippen LogP contribution in [0.15, 0.2) is 6.07 Å². The Hall–Kier alpha value is -1.56. The van der Waals surface area contributed by atoms with Crippen molar-refractivity contribution < 1.29 is 0 Å². The largest absolute Gasteiger partial charge is 0.370 e. The van der Waals surface area contributed by atoms with E-state index in [1.807, 2.05) is 6.07 Å². The minimum absolute atomic E-state index is 0.314. The molecule has 0 saturated carbocycles. The van der Waals surface area contributed by atoms with Crippen molar-refractivity contribution in [3.05, 3.63) is 6.07 Å². The summed E-state index contributed by atoms with van der Waals surface area (Å²) >= 11 is 0. The van der Waals surface area contributed by atoms with Crippen molar-refractivity contribution in [3.8, 4) is 0 Å². The van der Waals surface area contributed by atoms with Crippen molar-refractivity contribution >= 4 is 17.6 Å². The fraction of sp³-hybridized carbons (Fsp3) is 0.714. The number of nitrogen functional groups attached to an aromatic ring is 1. The van der Waals surface area contributed by atoms with Crippen molar-refractivity contribution in [1.29, 1.82) is 0 Å². The van der Waals surface area contributed by atoms with Gasteiger partial charge in [-0.25, -0.2) is 0 Å². The molecule has 1 unspecified atom stereocenters. The lowest BCUT2D eigenvalue weighted by molar-refractivity contribution is 0.217. The predicted octanol–water partition coefficient (Wildman–Crippen LogP) is 1.63. The first-order valence-electron chi connectivity index (χ1n) is 7.48. The molecule has 1 saturated heterocycles. The standard InChI is InChI=1S/C14H26N6/c1-3-6-16-12-8-13(19-14(15)18-12)17-9-11-5-4-7-20(2)10-11/h8,11H,3-7,9-10H2,1-2H3,(H4,15,16,17,18,19). The molecule has 4 N–H and O–H groups in total. The highest BCUT2D eigenvalue weighted by Gasteiger charge is 2.17. The molecule has 1 fully saturated rings. The molecule has 0 radical (unpaired) electrons. The molecule has 0 bridgehead atoms. The third-order valence-electron chi connectivity index (χ3n) is 3.59. The number of rotatable bonds is 6. The van der Waals surface area contributed by atoms with Crippen LogP contribution in [0.25, 0.3) is 0 Å². The first kappa shape index (κ1) is 14.8. The van der Waals surface area contributed by atoms with Crippen molar-refractivity contribution in [2.24, 2.45) is 5.92 Å². The van der Waals surface area contributed by atoms with Crippen LogP contribution in [0.3, 0.4) is 0 Å². The lowest BCUT2D eigenvalue weighted by Crippen LogP contribution is -2.35. The lowest BCUT2D eigenvalue weighted by Gasteiger charge is -2.29. The lowest BCUT2D eigenvalue weighted by atomic mass is 9.98. The van der Waals surface area contributed by atoms with E-state index < -0.39 is 0 Å². The van der Waals surface area contributed by atoms with E-state index in [0.717, 1.165) is 37.7 Å². The second kappa shape index (κ2) is 7.28. The smallest absolute Gasteiger partial charge is 0.223 e. The predicted molar refractivity (Wildman–Crippen MR) is 83.9 cm³/mol. The summed E-state index contributed by atoms with van der Waals surface area (Å²) in [6.45, 7) is 6.31. The van der Waals surface area contributed by atoms with Gasteiger partial charge in [-0.1, -0.05) is 6.92 Å². The molecule has 112 valence electrons. The van der Waals surface area contributed by atoms with Gasteiger partial charge in [0.05, 0.1) is 0 Å². The summed E-state index contributed by atoms with van der Waals surface area (Å²) in [5.41, 5.74) is 5.75. The van der Waals surface area contributed by atoms with Crippen LogP contribution in [0.4, 0.5) is 17.6 Å². The minimum atomic E-state index is 0.314. The van der Waals surface area contributed by atoms with E-state index in [-0.39, 0.29) is 0 Å². The fourth-order valence-electron chi connectivity index (χ4n) is 2.59. The summed E-state index contributed by atoms with van der Waals surface area (Å²) in [4.78, 5) is 10.8. The second-order valence-corrected chi connectivity index (χ2v) is 5.57. The average Bonchev–Trinajstić information content (AvgIpc) is 2.42. The second-order valence-electron chi connectivity index (χ2n) is 5.57. The highest BCUT2D eigenvalue weighted by Crippen LogP contribution is 2.17. The van der Waals surface area contributed by atoms with Crippen molar-refractivity contribution in [3.63, 3.8) is 0 Å². The highest BCUT2D eigenvalue weighted by molar-refractivity contribution is 5.50. The first-order chi connectivity index (χ1) is 9.67. The Morgan fingerprint density at radius 2 is 2.10 bits per heavy atom. The van der Waals surface area contributed by atoms with Crippen LogP contribution >= 0.6 is 0 Å². The number of aromatic nitrogens is 2. The van der Waals surface area contributed by atoms with Gasteiger partial charge in [-0.05, 0) is 38.8 Å². The molecule has 1 aliphatic heterocycles. The normalized spacial score (nSPS) is 19.8. The van der Waals surface area contributed by atoms with Gasteiger partial charge < -0.3 is 21.3 Å². The Kier molecular flexibility index (Phi) is 5.40. The van der Waals surface area contributed by atoms with Crippen LogP contribution in [0.1, 0.15) is 26.2 Å². The molecule has 6 nitrogen and oxygen atoms in total. The molecule has 6 heteroatoms. The number of likely N-dealkylation sites (tertiary alicyclic amines) is 1. The van der Waals surface area contributed by atoms with Crippen molar-refractivity contribution in [2.45, 2.75) is 26.2 Å². The molecular formula is C14H26N6.